The summed E-state index contributed by atoms with van der Waals surface area (Å²) in [7, 11) is 0. The lowest BCUT2D eigenvalue weighted by Crippen LogP contribution is -2.39. The summed E-state index contributed by atoms with van der Waals surface area (Å²) in [5, 5.41) is 57.0. The molecule has 17 nitrogen and oxygen atoms in total. The average molecular weight is 518 g/mol. The maximum Gasteiger partial charge on any atom is 0.323 e. The predicted octanol–water partition coefficient (Wildman–Crippen LogP) is -4.04. The molecule has 0 aliphatic rings. The van der Waals surface area contributed by atoms with Crippen molar-refractivity contribution in [3.05, 3.63) is 0 Å². The number of unbranched alkanes of at least 4 members (excludes halogenated alkanes) is 1. The molecule has 0 heterocycles. The number of aliphatic hydroxyl groups is 2. The van der Waals surface area contributed by atoms with Crippen molar-refractivity contribution in [2.45, 2.75) is 69.3 Å². The Hall–Kier alpha value is -2.93. The molecule has 0 radical (unpaired) electrons. The molecular formula is C18H39N5O12. The topological polar surface area (TPSA) is 357 Å². The van der Waals surface area contributed by atoms with Gasteiger partial charge in [-0.25, -0.2) is 0 Å². The van der Waals surface area contributed by atoms with Crippen LogP contribution in [-0.2, 0) is 24.0 Å². The quantitative estimate of drug-likeness (QED) is 0.103. The van der Waals surface area contributed by atoms with E-state index in [4.69, 9.17) is 64.4 Å². The van der Waals surface area contributed by atoms with E-state index in [0.717, 1.165) is 12.8 Å². The molecule has 0 amide bonds. The van der Waals surface area contributed by atoms with Crippen LogP contribution in [0.1, 0.15) is 39.0 Å². The summed E-state index contributed by atoms with van der Waals surface area (Å²) in [5.41, 5.74) is 25.1. The molecule has 0 saturated carbocycles. The molecule has 0 saturated heterocycles. The third-order valence-corrected chi connectivity index (χ3v) is 3.59. The molecule has 5 unspecified atom stereocenters. The fourth-order valence-electron chi connectivity index (χ4n) is 1.32. The summed E-state index contributed by atoms with van der Waals surface area (Å²) >= 11 is 0. The second kappa shape index (κ2) is 24.2. The van der Waals surface area contributed by atoms with Gasteiger partial charge in [-0.1, -0.05) is 6.42 Å². The number of carbonyl (C=O) groups is 5. The summed E-state index contributed by atoms with van der Waals surface area (Å²) in [6.45, 7) is 1.43. The maximum absolute atomic E-state index is 10.1. The van der Waals surface area contributed by atoms with Crippen LogP contribution >= 0.6 is 0 Å². The first-order valence-corrected chi connectivity index (χ1v) is 10.1. The third-order valence-electron chi connectivity index (χ3n) is 3.59. The normalized spacial score (nSPS) is 13.9. The molecule has 0 bridgehead atoms. The van der Waals surface area contributed by atoms with Crippen molar-refractivity contribution in [3.63, 3.8) is 0 Å². The van der Waals surface area contributed by atoms with Crippen LogP contribution in [0.15, 0.2) is 0 Å². The molecular weight excluding hydrogens is 478 g/mol. The van der Waals surface area contributed by atoms with Crippen LogP contribution in [0, 0.1) is 0 Å². The van der Waals surface area contributed by atoms with E-state index < -0.39 is 66.7 Å². The smallest absolute Gasteiger partial charge is 0.323 e. The van der Waals surface area contributed by atoms with Crippen LogP contribution in [0.5, 0.6) is 0 Å². The first-order valence-electron chi connectivity index (χ1n) is 10.1. The highest BCUT2D eigenvalue weighted by molar-refractivity contribution is 5.75. The minimum atomic E-state index is -1.18. The SMILES string of the molecule is CC(O)C(N)C(=O)O.NC(CCC(=O)O)C(=O)O.NC(CO)C(=O)O.NCCCCC(N)C(=O)O. The van der Waals surface area contributed by atoms with Crippen molar-refractivity contribution in [2.24, 2.45) is 28.7 Å². The van der Waals surface area contributed by atoms with E-state index >= 15 is 0 Å². The minimum absolute atomic E-state index is 0.0231. The Morgan fingerprint density at radius 1 is 0.686 bits per heavy atom. The molecule has 17 heteroatoms. The van der Waals surface area contributed by atoms with Gasteiger partial charge in [-0.05, 0) is 32.7 Å². The van der Waals surface area contributed by atoms with Crippen molar-refractivity contribution < 1.29 is 59.7 Å². The molecule has 0 fully saturated rings. The largest absolute Gasteiger partial charge is 0.481 e. The van der Waals surface area contributed by atoms with Gasteiger partial charge in [-0.2, -0.15) is 0 Å². The lowest BCUT2D eigenvalue weighted by atomic mass is 10.1. The van der Waals surface area contributed by atoms with Crippen molar-refractivity contribution in [2.75, 3.05) is 13.2 Å². The third kappa shape index (κ3) is 31.1. The van der Waals surface area contributed by atoms with Crippen LogP contribution in [-0.4, -0.2) is 109 Å². The van der Waals surface area contributed by atoms with Gasteiger partial charge in [0.1, 0.15) is 24.2 Å². The van der Waals surface area contributed by atoms with Crippen LogP contribution in [0.25, 0.3) is 0 Å². The van der Waals surface area contributed by atoms with E-state index in [2.05, 4.69) is 0 Å². The van der Waals surface area contributed by atoms with Crippen molar-refractivity contribution in [3.8, 4) is 0 Å². The fraction of sp³-hybridized carbons (Fsp3) is 0.722. The highest BCUT2D eigenvalue weighted by atomic mass is 16.4. The van der Waals surface area contributed by atoms with Gasteiger partial charge in [-0.15, -0.1) is 0 Å². The van der Waals surface area contributed by atoms with Gasteiger partial charge in [0, 0.05) is 6.42 Å². The lowest BCUT2D eigenvalue weighted by molar-refractivity contribution is -0.141. The molecule has 0 aliphatic heterocycles. The Morgan fingerprint density at radius 3 is 1.29 bits per heavy atom. The number of aliphatic carboxylic acids is 5. The molecule has 0 aliphatic carbocycles. The summed E-state index contributed by atoms with van der Waals surface area (Å²) in [5.74, 6) is -5.49. The van der Waals surface area contributed by atoms with Crippen molar-refractivity contribution in [1.82, 2.24) is 0 Å². The number of nitrogens with two attached hydrogens (primary N) is 5. The first kappa shape index (κ1) is 39.3. The monoisotopic (exact) mass is 517 g/mol. The molecule has 0 spiro atoms. The van der Waals surface area contributed by atoms with Gasteiger partial charge in [0.05, 0.1) is 12.7 Å². The van der Waals surface area contributed by atoms with Crippen molar-refractivity contribution >= 4 is 29.8 Å². The number of aliphatic hydroxyl groups excluding tert-OH is 2. The van der Waals surface area contributed by atoms with Crippen LogP contribution in [0.4, 0.5) is 0 Å². The number of hydrogen-bond acceptors (Lipinski definition) is 12. The summed E-state index contributed by atoms with van der Waals surface area (Å²) < 4.78 is 0. The number of carboxylic acid groups (broad SMARTS) is 5. The number of hydrogen-bond donors (Lipinski definition) is 12. The zero-order valence-electron chi connectivity index (χ0n) is 19.4. The van der Waals surface area contributed by atoms with Crippen LogP contribution in [0.2, 0.25) is 0 Å². The molecule has 5 atom stereocenters. The van der Waals surface area contributed by atoms with E-state index in [-0.39, 0.29) is 12.8 Å². The first-order chi connectivity index (χ1) is 16.0. The van der Waals surface area contributed by atoms with Crippen molar-refractivity contribution in [1.29, 1.82) is 0 Å². The van der Waals surface area contributed by atoms with Gasteiger partial charge in [-0.3, -0.25) is 24.0 Å². The van der Waals surface area contributed by atoms with E-state index in [9.17, 15) is 24.0 Å². The van der Waals surface area contributed by atoms with Gasteiger partial charge in [0.15, 0.2) is 0 Å². The fourth-order valence-corrected chi connectivity index (χ4v) is 1.32. The standard InChI is InChI=1S/C6H14N2O2.C5H9NO4.C4H9NO3.C3H7NO3/c7-4-2-1-3-5(8)6(9)10;6-3(5(9)10)1-2-4(7)8;1-2(6)3(5)4(7)8;4-2(1-5)3(6)7/h5H,1-4,7-8H2,(H,9,10);3H,1-2,6H2,(H,7,8)(H,9,10);2-3,6H,5H2,1H3,(H,7,8);2,5H,1,4H2,(H,6,7). The highest BCUT2D eigenvalue weighted by Gasteiger charge is 2.16. The zero-order chi connectivity index (χ0) is 28.7. The summed E-state index contributed by atoms with van der Waals surface area (Å²) in [6.07, 6.45) is 0.961. The van der Waals surface area contributed by atoms with Gasteiger partial charge in [0.2, 0.25) is 0 Å². The Morgan fingerprint density at radius 2 is 1.09 bits per heavy atom. The predicted molar refractivity (Wildman–Crippen MR) is 121 cm³/mol. The van der Waals surface area contributed by atoms with E-state index in [1.165, 1.54) is 6.92 Å². The molecule has 35 heavy (non-hydrogen) atoms. The van der Waals surface area contributed by atoms with Crippen LogP contribution < -0.4 is 28.7 Å². The molecule has 0 rings (SSSR count). The maximum atomic E-state index is 10.1. The van der Waals surface area contributed by atoms with E-state index in [0.29, 0.717) is 13.0 Å². The Balaban J connectivity index is -0.000000185. The molecule has 17 N–H and O–H groups in total. The Kier molecular flexibility index (Phi) is 27.2. The number of carboxylic acids is 5. The molecule has 0 aromatic carbocycles. The second-order valence-corrected chi connectivity index (χ2v) is 6.84. The van der Waals surface area contributed by atoms with Gasteiger partial charge >= 0.3 is 29.8 Å². The van der Waals surface area contributed by atoms with E-state index in [1.807, 2.05) is 0 Å². The average Bonchev–Trinajstić information content (AvgIpc) is 2.77. The molecule has 0 aromatic rings. The van der Waals surface area contributed by atoms with Crippen LogP contribution in [0.3, 0.4) is 0 Å². The summed E-state index contributed by atoms with van der Waals surface area (Å²) in [6, 6.07) is -4.06. The summed E-state index contributed by atoms with van der Waals surface area (Å²) in [4.78, 5) is 49.5. The second-order valence-electron chi connectivity index (χ2n) is 6.84. The Labute approximate surface area is 201 Å². The highest BCUT2D eigenvalue weighted by Crippen LogP contribution is 1.97. The molecule has 0 aromatic heterocycles. The number of rotatable bonds is 13. The van der Waals surface area contributed by atoms with Gasteiger partial charge < -0.3 is 64.4 Å². The lowest BCUT2D eigenvalue weighted by Gasteiger charge is -2.06. The zero-order valence-corrected chi connectivity index (χ0v) is 19.4. The Bertz CT molecular complexity index is 621. The minimum Gasteiger partial charge on any atom is -0.481 e. The molecule has 208 valence electrons. The van der Waals surface area contributed by atoms with Gasteiger partial charge in [0.25, 0.3) is 0 Å². The van der Waals surface area contributed by atoms with E-state index in [1.54, 1.807) is 0 Å².